The van der Waals surface area contributed by atoms with Crippen LogP contribution in [0.3, 0.4) is 0 Å². The first-order chi connectivity index (χ1) is 11.3. The molecule has 0 spiro atoms. The van der Waals surface area contributed by atoms with E-state index in [1.54, 1.807) is 0 Å². The largest absolute Gasteiger partial charge is 0.373 e. The van der Waals surface area contributed by atoms with Crippen LogP contribution in [0.4, 0.5) is 0 Å². The van der Waals surface area contributed by atoms with Crippen molar-refractivity contribution < 1.29 is 4.74 Å². The average Bonchev–Trinajstić information content (AvgIpc) is 3.35. The Labute approximate surface area is 160 Å². The molecule has 24 heavy (non-hydrogen) atoms. The van der Waals surface area contributed by atoms with Crippen molar-refractivity contribution in [3.63, 3.8) is 0 Å². The lowest BCUT2D eigenvalue weighted by molar-refractivity contribution is 0.0992. The van der Waals surface area contributed by atoms with Crippen molar-refractivity contribution in [2.24, 2.45) is 4.99 Å². The minimum absolute atomic E-state index is 0. The summed E-state index contributed by atoms with van der Waals surface area (Å²) in [4.78, 5) is 4.34. The fourth-order valence-electron chi connectivity index (χ4n) is 4.18. The quantitative estimate of drug-likeness (QED) is 0.425. The Balaban J connectivity index is 0.00000169. The first-order valence-electron chi connectivity index (χ1n) is 8.98. The van der Waals surface area contributed by atoms with Gasteiger partial charge in [-0.2, -0.15) is 5.10 Å². The van der Waals surface area contributed by atoms with E-state index in [9.17, 15) is 0 Å². The molecule has 2 N–H and O–H groups in total. The third-order valence-electron chi connectivity index (χ3n) is 5.45. The van der Waals surface area contributed by atoms with Crippen LogP contribution in [0.15, 0.2) is 17.3 Å². The number of fused-ring (bicyclic) bond motifs is 2. The Morgan fingerprint density at radius 3 is 2.83 bits per heavy atom. The number of guanidine groups is 1. The zero-order chi connectivity index (χ0) is 15.6. The van der Waals surface area contributed by atoms with Crippen LogP contribution in [0, 0.1) is 0 Å². The number of aliphatic imine (C=N–C) groups is 1. The number of aromatic nitrogens is 2. The van der Waals surface area contributed by atoms with Crippen molar-refractivity contribution >= 4 is 29.9 Å². The summed E-state index contributed by atoms with van der Waals surface area (Å²) in [5, 5.41) is 11.6. The van der Waals surface area contributed by atoms with E-state index < -0.39 is 0 Å². The molecule has 3 heterocycles. The molecule has 7 heteroatoms. The van der Waals surface area contributed by atoms with Gasteiger partial charge in [0.1, 0.15) is 0 Å². The fraction of sp³-hybridized carbons (Fsp3) is 0.765. The van der Waals surface area contributed by atoms with Crippen LogP contribution < -0.4 is 10.6 Å². The number of rotatable bonds is 4. The van der Waals surface area contributed by atoms with Gasteiger partial charge in [-0.25, -0.2) is 0 Å². The maximum Gasteiger partial charge on any atom is 0.191 e. The lowest BCUT2D eigenvalue weighted by Crippen LogP contribution is -2.47. The number of hydrogen-bond acceptors (Lipinski definition) is 3. The van der Waals surface area contributed by atoms with E-state index >= 15 is 0 Å². The van der Waals surface area contributed by atoms with Gasteiger partial charge >= 0.3 is 0 Å². The molecular weight excluding hydrogens is 417 g/mol. The molecule has 3 aliphatic rings. The summed E-state index contributed by atoms with van der Waals surface area (Å²) in [5.41, 5.74) is 1.07. The standard InChI is InChI=1S/C17H27N5O.HI/c1-18-17(20-15-10-14-6-7-16(15)23-14)19-11-12-8-9-22(21-12)13-4-2-3-5-13;/h8-9,13-16H,2-7,10-11H2,1H3,(H2,18,19,20);1H. The lowest BCUT2D eigenvalue weighted by Gasteiger charge is -2.22. The molecular formula is C17H28IN5O. The van der Waals surface area contributed by atoms with Gasteiger partial charge in [-0.3, -0.25) is 9.67 Å². The minimum atomic E-state index is 0. The zero-order valence-electron chi connectivity index (χ0n) is 14.3. The Morgan fingerprint density at radius 1 is 1.33 bits per heavy atom. The lowest BCUT2D eigenvalue weighted by atomic mass is 9.96. The zero-order valence-corrected chi connectivity index (χ0v) is 16.6. The molecule has 1 saturated carbocycles. The normalized spacial score (nSPS) is 29.7. The van der Waals surface area contributed by atoms with Crippen LogP contribution in [0.25, 0.3) is 0 Å². The number of hydrogen-bond donors (Lipinski definition) is 2. The van der Waals surface area contributed by atoms with Gasteiger partial charge in [0.25, 0.3) is 0 Å². The predicted molar refractivity (Wildman–Crippen MR) is 105 cm³/mol. The molecule has 2 bridgehead atoms. The molecule has 6 nitrogen and oxygen atoms in total. The van der Waals surface area contributed by atoms with Crippen LogP contribution in [0.5, 0.6) is 0 Å². The third kappa shape index (κ3) is 3.87. The molecule has 3 unspecified atom stereocenters. The summed E-state index contributed by atoms with van der Waals surface area (Å²) in [6.07, 6.45) is 11.6. The summed E-state index contributed by atoms with van der Waals surface area (Å²) < 4.78 is 8.04. The second-order valence-corrected chi connectivity index (χ2v) is 7.01. The molecule has 3 atom stereocenters. The van der Waals surface area contributed by atoms with Crippen LogP contribution in [-0.2, 0) is 11.3 Å². The highest BCUT2D eigenvalue weighted by atomic mass is 127. The van der Waals surface area contributed by atoms with Crippen molar-refractivity contribution in [1.82, 2.24) is 20.4 Å². The van der Waals surface area contributed by atoms with Crippen LogP contribution in [0.2, 0.25) is 0 Å². The first-order valence-corrected chi connectivity index (χ1v) is 8.98. The van der Waals surface area contributed by atoms with E-state index in [1.807, 2.05) is 7.05 Å². The number of ether oxygens (including phenoxy) is 1. The van der Waals surface area contributed by atoms with Crippen molar-refractivity contribution in [2.45, 2.75) is 75.8 Å². The topological polar surface area (TPSA) is 63.5 Å². The summed E-state index contributed by atoms with van der Waals surface area (Å²) in [6, 6.07) is 3.11. The fourth-order valence-corrected chi connectivity index (χ4v) is 4.18. The Morgan fingerprint density at radius 2 is 2.17 bits per heavy atom. The van der Waals surface area contributed by atoms with Crippen molar-refractivity contribution in [3.8, 4) is 0 Å². The highest BCUT2D eigenvalue weighted by Crippen LogP contribution is 2.34. The molecule has 0 aromatic carbocycles. The highest BCUT2D eigenvalue weighted by molar-refractivity contribution is 14.0. The van der Waals surface area contributed by atoms with E-state index in [0.717, 1.165) is 18.1 Å². The Hall–Kier alpha value is -0.830. The van der Waals surface area contributed by atoms with Gasteiger partial charge in [0.05, 0.1) is 36.5 Å². The van der Waals surface area contributed by atoms with Gasteiger partial charge in [-0.05, 0) is 38.2 Å². The molecule has 134 valence electrons. The maximum atomic E-state index is 5.89. The van der Waals surface area contributed by atoms with Gasteiger partial charge in [0.15, 0.2) is 5.96 Å². The highest BCUT2D eigenvalue weighted by Gasteiger charge is 2.41. The molecule has 2 aliphatic heterocycles. The van der Waals surface area contributed by atoms with Gasteiger partial charge < -0.3 is 15.4 Å². The third-order valence-corrected chi connectivity index (χ3v) is 5.45. The van der Waals surface area contributed by atoms with Crippen LogP contribution >= 0.6 is 24.0 Å². The second-order valence-electron chi connectivity index (χ2n) is 7.01. The second kappa shape index (κ2) is 8.03. The molecule has 4 rings (SSSR count). The summed E-state index contributed by atoms with van der Waals surface area (Å²) in [6.45, 7) is 0.709. The first kappa shape index (κ1) is 18.0. The van der Waals surface area contributed by atoms with Crippen molar-refractivity contribution in [2.75, 3.05) is 7.05 Å². The predicted octanol–water partition coefficient (Wildman–Crippen LogP) is 2.60. The molecule has 2 saturated heterocycles. The number of halogens is 1. The van der Waals surface area contributed by atoms with Crippen molar-refractivity contribution in [3.05, 3.63) is 18.0 Å². The van der Waals surface area contributed by atoms with Gasteiger partial charge in [-0.1, -0.05) is 12.8 Å². The summed E-state index contributed by atoms with van der Waals surface area (Å²) in [7, 11) is 1.82. The SMILES string of the molecule is CN=C(NCc1ccn(C2CCCC2)n1)NC1CC2CCC1O2.I. The van der Waals surface area contributed by atoms with E-state index in [-0.39, 0.29) is 24.0 Å². The maximum absolute atomic E-state index is 5.89. The summed E-state index contributed by atoms with van der Waals surface area (Å²) in [5.74, 6) is 0.849. The van der Waals surface area contributed by atoms with Crippen LogP contribution in [0.1, 0.15) is 56.7 Å². The van der Waals surface area contributed by atoms with Crippen molar-refractivity contribution in [1.29, 1.82) is 0 Å². The molecule has 1 aromatic heterocycles. The molecule has 1 aromatic rings. The minimum Gasteiger partial charge on any atom is -0.373 e. The average molecular weight is 445 g/mol. The van der Waals surface area contributed by atoms with Gasteiger partial charge in [-0.15, -0.1) is 24.0 Å². The number of nitrogens with one attached hydrogen (secondary N) is 2. The van der Waals surface area contributed by atoms with E-state index in [2.05, 4.69) is 32.6 Å². The molecule has 0 amide bonds. The number of nitrogens with zero attached hydrogens (tertiary/aromatic N) is 3. The Kier molecular flexibility index (Phi) is 6.02. The molecule has 3 fully saturated rings. The van der Waals surface area contributed by atoms with Gasteiger partial charge in [0, 0.05) is 13.2 Å². The van der Waals surface area contributed by atoms with E-state index in [0.29, 0.717) is 30.8 Å². The monoisotopic (exact) mass is 445 g/mol. The smallest absolute Gasteiger partial charge is 0.191 e. The van der Waals surface area contributed by atoms with E-state index in [1.165, 1.54) is 38.5 Å². The molecule has 1 aliphatic carbocycles. The van der Waals surface area contributed by atoms with E-state index in [4.69, 9.17) is 9.84 Å². The summed E-state index contributed by atoms with van der Waals surface area (Å²) >= 11 is 0. The Bertz CT molecular complexity index is 569. The van der Waals surface area contributed by atoms with Crippen LogP contribution in [-0.4, -0.2) is 41.0 Å². The molecule has 0 radical (unpaired) electrons. The van der Waals surface area contributed by atoms with Gasteiger partial charge in [0.2, 0.25) is 0 Å².